The van der Waals surface area contributed by atoms with Gasteiger partial charge in [-0.1, -0.05) is 23.7 Å². The Bertz CT molecular complexity index is 1340. The predicted octanol–water partition coefficient (Wildman–Crippen LogP) is 6.11. The van der Waals surface area contributed by atoms with E-state index >= 15 is 0 Å². The molecule has 1 N–H and O–H groups in total. The maximum Gasteiger partial charge on any atom is 0.238 e. The Labute approximate surface area is 189 Å². The van der Waals surface area contributed by atoms with Gasteiger partial charge in [0.2, 0.25) is 26.6 Å². The second-order valence-electron chi connectivity index (χ2n) is 6.67. The van der Waals surface area contributed by atoms with Crippen molar-refractivity contribution >= 4 is 33.0 Å². The lowest BCUT2D eigenvalue weighted by Crippen LogP contribution is -2.05. The standard InChI is InChI=1S/C23H18ClFN2O4S/c1-2-30-17-11-9-16(10-12-17)26-22-23(32(28,29)18-13-7-15(24)8-14-18)27-21(31-22)19-5-3-4-6-20(19)25/h3-14,26H,2H2,1H3. The van der Waals surface area contributed by atoms with Crippen molar-refractivity contribution in [2.75, 3.05) is 11.9 Å². The minimum Gasteiger partial charge on any atom is -0.494 e. The number of ether oxygens (including phenoxy) is 1. The molecule has 0 saturated heterocycles. The molecule has 0 aliphatic heterocycles. The van der Waals surface area contributed by atoms with Crippen molar-refractivity contribution in [2.45, 2.75) is 16.8 Å². The van der Waals surface area contributed by atoms with Crippen LogP contribution in [-0.2, 0) is 9.84 Å². The Kier molecular flexibility index (Phi) is 6.16. The largest absolute Gasteiger partial charge is 0.494 e. The third-order valence-corrected chi connectivity index (χ3v) is 6.43. The average molecular weight is 473 g/mol. The Balaban J connectivity index is 1.80. The fraction of sp³-hybridized carbons (Fsp3) is 0.0870. The zero-order valence-corrected chi connectivity index (χ0v) is 18.5. The zero-order chi connectivity index (χ0) is 22.7. The summed E-state index contributed by atoms with van der Waals surface area (Å²) in [6, 6.07) is 18.4. The first-order valence-corrected chi connectivity index (χ1v) is 11.5. The minimum absolute atomic E-state index is 0.0231. The van der Waals surface area contributed by atoms with Crippen LogP contribution in [0.1, 0.15) is 6.92 Å². The highest BCUT2D eigenvalue weighted by Crippen LogP contribution is 2.35. The van der Waals surface area contributed by atoms with Crippen LogP contribution in [0.5, 0.6) is 5.75 Å². The molecule has 164 valence electrons. The molecule has 0 aliphatic carbocycles. The molecule has 4 rings (SSSR count). The molecule has 0 amide bonds. The van der Waals surface area contributed by atoms with Gasteiger partial charge in [-0.2, -0.15) is 4.98 Å². The van der Waals surface area contributed by atoms with E-state index in [1.165, 1.54) is 42.5 Å². The highest BCUT2D eigenvalue weighted by Gasteiger charge is 2.29. The van der Waals surface area contributed by atoms with Gasteiger partial charge in [0.05, 0.1) is 17.1 Å². The summed E-state index contributed by atoms with van der Waals surface area (Å²) >= 11 is 5.89. The minimum atomic E-state index is -4.10. The van der Waals surface area contributed by atoms with E-state index in [2.05, 4.69) is 10.3 Å². The maximum atomic E-state index is 14.3. The van der Waals surface area contributed by atoms with Crippen LogP contribution in [0.25, 0.3) is 11.5 Å². The van der Waals surface area contributed by atoms with Gasteiger partial charge in [0.25, 0.3) is 0 Å². The van der Waals surface area contributed by atoms with Gasteiger partial charge in [0.15, 0.2) is 0 Å². The number of nitrogens with one attached hydrogen (secondary N) is 1. The van der Waals surface area contributed by atoms with E-state index in [1.807, 2.05) is 6.92 Å². The number of hydrogen-bond donors (Lipinski definition) is 1. The summed E-state index contributed by atoms with van der Waals surface area (Å²) in [6.07, 6.45) is 0. The molecule has 1 aromatic heterocycles. The second-order valence-corrected chi connectivity index (χ2v) is 8.97. The Morgan fingerprint density at radius 2 is 1.72 bits per heavy atom. The number of nitrogens with zero attached hydrogens (tertiary/aromatic N) is 1. The van der Waals surface area contributed by atoms with E-state index in [-0.39, 0.29) is 27.3 Å². The van der Waals surface area contributed by atoms with E-state index in [0.717, 1.165) is 0 Å². The second kappa shape index (κ2) is 9.02. The number of oxazole rings is 1. The van der Waals surface area contributed by atoms with Crippen molar-refractivity contribution < 1.29 is 22.0 Å². The van der Waals surface area contributed by atoms with E-state index in [0.29, 0.717) is 23.1 Å². The summed E-state index contributed by atoms with van der Waals surface area (Å²) in [6.45, 7) is 2.39. The maximum absolute atomic E-state index is 14.3. The lowest BCUT2D eigenvalue weighted by Gasteiger charge is -2.08. The van der Waals surface area contributed by atoms with Gasteiger partial charge < -0.3 is 14.5 Å². The van der Waals surface area contributed by atoms with Crippen LogP contribution >= 0.6 is 11.6 Å². The Hall–Kier alpha value is -3.36. The lowest BCUT2D eigenvalue weighted by molar-refractivity contribution is 0.340. The van der Waals surface area contributed by atoms with Gasteiger partial charge in [-0.3, -0.25) is 0 Å². The SMILES string of the molecule is CCOc1ccc(Nc2oc(-c3ccccc3F)nc2S(=O)(=O)c2ccc(Cl)cc2)cc1. The van der Waals surface area contributed by atoms with Crippen LogP contribution < -0.4 is 10.1 Å². The van der Waals surface area contributed by atoms with Crippen molar-refractivity contribution in [2.24, 2.45) is 0 Å². The molecular formula is C23H18ClFN2O4S. The van der Waals surface area contributed by atoms with Gasteiger partial charge in [0.1, 0.15) is 11.6 Å². The quantitative estimate of drug-likeness (QED) is 0.349. The fourth-order valence-corrected chi connectivity index (χ4v) is 4.36. The topological polar surface area (TPSA) is 81.4 Å². The molecule has 0 saturated carbocycles. The average Bonchev–Trinajstić information content (AvgIpc) is 3.20. The zero-order valence-electron chi connectivity index (χ0n) is 16.9. The molecule has 9 heteroatoms. The van der Waals surface area contributed by atoms with E-state index in [4.69, 9.17) is 20.8 Å². The first kappa shape index (κ1) is 21.9. The van der Waals surface area contributed by atoms with Gasteiger partial charge in [0, 0.05) is 10.7 Å². The van der Waals surface area contributed by atoms with Crippen molar-refractivity contribution in [1.29, 1.82) is 0 Å². The molecule has 0 spiro atoms. The van der Waals surface area contributed by atoms with Crippen LogP contribution in [0.15, 0.2) is 87.1 Å². The van der Waals surface area contributed by atoms with Gasteiger partial charge in [-0.15, -0.1) is 0 Å². The van der Waals surface area contributed by atoms with Crippen LogP contribution in [0, 0.1) is 5.82 Å². The van der Waals surface area contributed by atoms with Crippen molar-refractivity contribution in [3.63, 3.8) is 0 Å². The van der Waals surface area contributed by atoms with Crippen LogP contribution in [-0.4, -0.2) is 20.0 Å². The Morgan fingerprint density at radius 3 is 2.38 bits per heavy atom. The first-order valence-electron chi connectivity index (χ1n) is 9.64. The number of hydrogen-bond acceptors (Lipinski definition) is 6. The normalized spacial score (nSPS) is 11.3. The van der Waals surface area contributed by atoms with Crippen LogP contribution in [0.3, 0.4) is 0 Å². The van der Waals surface area contributed by atoms with Crippen molar-refractivity contribution in [3.8, 4) is 17.2 Å². The molecular weight excluding hydrogens is 455 g/mol. The number of anilines is 2. The van der Waals surface area contributed by atoms with E-state index < -0.39 is 15.7 Å². The molecule has 0 aliphatic rings. The highest BCUT2D eigenvalue weighted by molar-refractivity contribution is 7.91. The Morgan fingerprint density at radius 1 is 1.03 bits per heavy atom. The van der Waals surface area contributed by atoms with Crippen LogP contribution in [0.2, 0.25) is 5.02 Å². The summed E-state index contributed by atoms with van der Waals surface area (Å²) in [7, 11) is -4.10. The molecule has 1 heterocycles. The van der Waals surface area contributed by atoms with Gasteiger partial charge >= 0.3 is 0 Å². The molecule has 0 radical (unpaired) electrons. The molecule has 6 nitrogen and oxygen atoms in total. The van der Waals surface area contributed by atoms with Gasteiger partial charge in [-0.05, 0) is 67.6 Å². The summed E-state index contributed by atoms with van der Waals surface area (Å²) in [5.74, 6) is -0.222. The third-order valence-electron chi connectivity index (χ3n) is 4.50. The van der Waals surface area contributed by atoms with Crippen molar-refractivity contribution in [1.82, 2.24) is 4.98 Å². The molecule has 3 aromatic carbocycles. The lowest BCUT2D eigenvalue weighted by atomic mass is 10.2. The number of sulfone groups is 1. The number of halogens is 2. The molecule has 4 aromatic rings. The summed E-state index contributed by atoms with van der Waals surface area (Å²) in [4.78, 5) is 4.12. The van der Waals surface area contributed by atoms with Gasteiger partial charge in [-0.25, -0.2) is 12.8 Å². The third kappa shape index (κ3) is 4.46. The molecule has 0 bridgehead atoms. The summed E-state index contributed by atoms with van der Waals surface area (Å²) in [5, 5.41) is 2.95. The molecule has 0 fully saturated rings. The van der Waals surface area contributed by atoms with E-state index in [1.54, 1.807) is 30.3 Å². The number of benzene rings is 3. The van der Waals surface area contributed by atoms with E-state index in [9.17, 15) is 12.8 Å². The number of aromatic nitrogens is 1. The first-order chi connectivity index (χ1) is 15.4. The predicted molar refractivity (Wildman–Crippen MR) is 120 cm³/mol. The summed E-state index contributed by atoms with van der Waals surface area (Å²) in [5.41, 5.74) is 0.581. The highest BCUT2D eigenvalue weighted by atomic mass is 35.5. The fourth-order valence-electron chi connectivity index (χ4n) is 2.97. The van der Waals surface area contributed by atoms with Crippen molar-refractivity contribution in [3.05, 3.63) is 83.6 Å². The molecule has 0 atom stereocenters. The molecule has 0 unspecified atom stereocenters. The van der Waals surface area contributed by atoms with Crippen LogP contribution in [0.4, 0.5) is 16.0 Å². The number of rotatable bonds is 7. The smallest absolute Gasteiger partial charge is 0.238 e. The molecule has 32 heavy (non-hydrogen) atoms. The summed E-state index contributed by atoms with van der Waals surface area (Å²) < 4.78 is 52.1. The monoisotopic (exact) mass is 472 g/mol.